The van der Waals surface area contributed by atoms with Crippen molar-refractivity contribution in [2.45, 2.75) is 31.7 Å². The van der Waals surface area contributed by atoms with E-state index in [0.29, 0.717) is 12.3 Å². The van der Waals surface area contributed by atoms with Crippen LogP contribution in [0.25, 0.3) is 0 Å². The Kier molecular flexibility index (Phi) is 6.31. The van der Waals surface area contributed by atoms with Gasteiger partial charge in [0.05, 0.1) is 11.9 Å². The van der Waals surface area contributed by atoms with Crippen molar-refractivity contribution in [3.05, 3.63) is 35.6 Å². The smallest absolute Gasteiger partial charge is 0.232 e. The molecule has 1 aromatic carbocycles. The molecule has 0 spiro atoms. The lowest BCUT2D eigenvalue weighted by molar-refractivity contribution is -0.127. The van der Waals surface area contributed by atoms with Gasteiger partial charge >= 0.3 is 0 Å². The first kappa shape index (κ1) is 16.0. The van der Waals surface area contributed by atoms with Gasteiger partial charge in [0.25, 0.3) is 0 Å². The van der Waals surface area contributed by atoms with E-state index < -0.39 is 6.10 Å². The van der Waals surface area contributed by atoms with Crippen molar-refractivity contribution in [1.82, 2.24) is 4.90 Å². The van der Waals surface area contributed by atoms with Crippen molar-refractivity contribution in [2.75, 3.05) is 12.8 Å². The van der Waals surface area contributed by atoms with Crippen molar-refractivity contribution in [3.8, 4) is 0 Å². The summed E-state index contributed by atoms with van der Waals surface area (Å²) in [6, 6.07) is 6.12. The highest BCUT2D eigenvalue weighted by Gasteiger charge is 2.14. The summed E-state index contributed by atoms with van der Waals surface area (Å²) in [6.45, 7) is 4.07. The molecular formula is C14H20FNO2S. The van der Waals surface area contributed by atoms with E-state index in [-0.39, 0.29) is 17.0 Å². The van der Waals surface area contributed by atoms with Crippen LogP contribution in [0.3, 0.4) is 0 Å². The molecule has 19 heavy (non-hydrogen) atoms. The predicted octanol–water partition coefficient (Wildman–Crippen LogP) is 2.29. The summed E-state index contributed by atoms with van der Waals surface area (Å²) in [7, 11) is 1.72. The van der Waals surface area contributed by atoms with Crippen LogP contribution in [0.2, 0.25) is 0 Å². The summed E-state index contributed by atoms with van der Waals surface area (Å²) >= 11 is 1.43. The summed E-state index contributed by atoms with van der Waals surface area (Å²) in [5.41, 5.74) is 0.894. The third kappa shape index (κ3) is 5.61. The molecule has 3 nitrogen and oxygen atoms in total. The van der Waals surface area contributed by atoms with Crippen molar-refractivity contribution < 1.29 is 14.3 Å². The summed E-state index contributed by atoms with van der Waals surface area (Å²) in [5, 5.41) is 9.38. The number of amides is 1. The molecule has 1 amide bonds. The van der Waals surface area contributed by atoms with Crippen LogP contribution in [0.1, 0.15) is 19.4 Å². The fraction of sp³-hybridized carbons (Fsp3) is 0.500. The molecular weight excluding hydrogens is 265 g/mol. The molecule has 0 saturated heterocycles. The molecule has 0 aromatic heterocycles. The van der Waals surface area contributed by atoms with E-state index in [0.717, 1.165) is 5.56 Å². The molecule has 5 heteroatoms. The monoisotopic (exact) mass is 285 g/mol. The van der Waals surface area contributed by atoms with Crippen LogP contribution in [0.5, 0.6) is 0 Å². The molecule has 106 valence electrons. The third-order valence-corrected chi connectivity index (χ3v) is 4.24. The average Bonchev–Trinajstić information content (AvgIpc) is 2.37. The maximum atomic E-state index is 12.8. The van der Waals surface area contributed by atoms with Gasteiger partial charge in [-0.15, -0.1) is 11.8 Å². The van der Waals surface area contributed by atoms with E-state index >= 15 is 0 Å². The first-order chi connectivity index (χ1) is 8.90. The van der Waals surface area contributed by atoms with Crippen LogP contribution in [-0.4, -0.2) is 40.1 Å². The largest absolute Gasteiger partial charge is 0.392 e. The molecule has 0 aliphatic rings. The second-order valence-electron chi connectivity index (χ2n) is 4.63. The number of rotatable bonds is 6. The normalized spacial score (nSPS) is 13.9. The first-order valence-electron chi connectivity index (χ1n) is 6.18. The molecule has 0 aliphatic heterocycles. The molecule has 0 fully saturated rings. The van der Waals surface area contributed by atoms with Crippen LogP contribution < -0.4 is 0 Å². The molecule has 0 radical (unpaired) electrons. The van der Waals surface area contributed by atoms with E-state index in [2.05, 4.69) is 0 Å². The second kappa shape index (κ2) is 7.50. The average molecular weight is 285 g/mol. The van der Waals surface area contributed by atoms with E-state index in [9.17, 15) is 14.3 Å². The van der Waals surface area contributed by atoms with Crippen LogP contribution in [0.4, 0.5) is 4.39 Å². The molecule has 0 bridgehead atoms. The van der Waals surface area contributed by atoms with Gasteiger partial charge in [0, 0.05) is 18.8 Å². The van der Waals surface area contributed by atoms with Crippen LogP contribution in [0.15, 0.2) is 24.3 Å². The Morgan fingerprint density at radius 3 is 2.47 bits per heavy atom. The SMILES string of the molecule is C[C@H](SCC(=O)N(C)Cc1ccc(F)cc1)[C@@H](C)O. The highest BCUT2D eigenvalue weighted by atomic mass is 32.2. The zero-order chi connectivity index (χ0) is 14.4. The minimum absolute atomic E-state index is 0.00169. The van der Waals surface area contributed by atoms with Gasteiger partial charge in [-0.1, -0.05) is 19.1 Å². The lowest BCUT2D eigenvalue weighted by atomic mass is 10.2. The summed E-state index contributed by atoms with van der Waals surface area (Å²) in [4.78, 5) is 13.5. The summed E-state index contributed by atoms with van der Waals surface area (Å²) in [6.07, 6.45) is -0.430. The predicted molar refractivity (Wildman–Crippen MR) is 76.5 cm³/mol. The standard InChI is InChI=1S/C14H20FNO2S/c1-10(17)11(2)19-9-14(18)16(3)8-12-4-6-13(15)7-5-12/h4-7,10-11,17H,8-9H2,1-3H3/t10-,11+/m1/s1. The third-order valence-electron chi connectivity index (χ3n) is 2.91. The van der Waals surface area contributed by atoms with Gasteiger partial charge in [0.1, 0.15) is 5.82 Å². The first-order valence-corrected chi connectivity index (χ1v) is 7.23. The van der Waals surface area contributed by atoms with Crippen molar-refractivity contribution in [3.63, 3.8) is 0 Å². The number of aliphatic hydroxyl groups is 1. The van der Waals surface area contributed by atoms with Crippen LogP contribution >= 0.6 is 11.8 Å². The zero-order valence-electron chi connectivity index (χ0n) is 11.5. The Hall–Kier alpha value is -1.07. The fourth-order valence-corrected chi connectivity index (χ4v) is 2.31. The number of benzene rings is 1. The molecule has 0 saturated carbocycles. The number of hydrogen-bond acceptors (Lipinski definition) is 3. The van der Waals surface area contributed by atoms with Gasteiger partial charge in [0.15, 0.2) is 0 Å². The van der Waals surface area contributed by atoms with Gasteiger partial charge in [-0.25, -0.2) is 4.39 Å². The van der Waals surface area contributed by atoms with Gasteiger partial charge < -0.3 is 10.0 Å². The minimum Gasteiger partial charge on any atom is -0.392 e. The molecule has 1 N–H and O–H groups in total. The van der Waals surface area contributed by atoms with E-state index in [1.807, 2.05) is 6.92 Å². The van der Waals surface area contributed by atoms with Crippen molar-refractivity contribution in [2.24, 2.45) is 0 Å². The number of halogens is 1. The number of aliphatic hydroxyl groups excluding tert-OH is 1. The molecule has 0 heterocycles. The fourth-order valence-electron chi connectivity index (χ4n) is 1.40. The lowest BCUT2D eigenvalue weighted by Gasteiger charge is -2.19. The number of thioether (sulfide) groups is 1. The highest BCUT2D eigenvalue weighted by molar-refractivity contribution is 8.00. The number of hydrogen-bond donors (Lipinski definition) is 1. The van der Waals surface area contributed by atoms with Gasteiger partial charge in [-0.2, -0.15) is 0 Å². The Morgan fingerprint density at radius 1 is 1.37 bits per heavy atom. The molecule has 1 rings (SSSR count). The highest BCUT2D eigenvalue weighted by Crippen LogP contribution is 2.15. The maximum absolute atomic E-state index is 12.8. The van der Waals surface area contributed by atoms with Gasteiger partial charge in [-0.3, -0.25) is 4.79 Å². The Bertz CT molecular complexity index is 408. The van der Waals surface area contributed by atoms with E-state index in [1.165, 1.54) is 23.9 Å². The second-order valence-corrected chi connectivity index (χ2v) is 6.00. The van der Waals surface area contributed by atoms with E-state index in [4.69, 9.17) is 0 Å². The number of carbonyl (C=O) groups is 1. The molecule has 1 aromatic rings. The minimum atomic E-state index is -0.430. The van der Waals surface area contributed by atoms with E-state index in [1.54, 1.807) is 31.0 Å². The molecule has 2 atom stereocenters. The lowest BCUT2D eigenvalue weighted by Crippen LogP contribution is -2.29. The summed E-state index contributed by atoms with van der Waals surface area (Å²) in [5.74, 6) is 0.0601. The number of nitrogens with zero attached hydrogens (tertiary/aromatic N) is 1. The molecule has 0 aliphatic carbocycles. The van der Waals surface area contributed by atoms with Crippen molar-refractivity contribution >= 4 is 17.7 Å². The zero-order valence-corrected chi connectivity index (χ0v) is 12.3. The van der Waals surface area contributed by atoms with Crippen molar-refractivity contribution in [1.29, 1.82) is 0 Å². The Morgan fingerprint density at radius 2 is 1.95 bits per heavy atom. The topological polar surface area (TPSA) is 40.5 Å². The number of carbonyl (C=O) groups excluding carboxylic acids is 1. The quantitative estimate of drug-likeness (QED) is 0.872. The molecule has 0 unspecified atom stereocenters. The Balaban J connectivity index is 2.42. The van der Waals surface area contributed by atoms with Gasteiger partial charge in [-0.05, 0) is 24.6 Å². The van der Waals surface area contributed by atoms with Crippen LogP contribution in [0, 0.1) is 5.82 Å². The maximum Gasteiger partial charge on any atom is 0.232 e. The summed E-state index contributed by atoms with van der Waals surface area (Å²) < 4.78 is 12.8. The van der Waals surface area contributed by atoms with Gasteiger partial charge in [0.2, 0.25) is 5.91 Å². The van der Waals surface area contributed by atoms with Crippen LogP contribution in [-0.2, 0) is 11.3 Å². The Labute approximate surface area is 117 Å².